The molecule has 0 saturated carbocycles. The standard InChI is InChI=1S/C13H13BrClN3O/c1-16-11(8-5-9(14)7-10(15)6-8)12-13(19-2)18-4-3-17-12/h3-7,11,16H,1-2H3. The van der Waals surface area contributed by atoms with E-state index in [-0.39, 0.29) is 6.04 Å². The van der Waals surface area contributed by atoms with Crippen LogP contribution >= 0.6 is 27.5 Å². The van der Waals surface area contributed by atoms with E-state index in [1.165, 1.54) is 0 Å². The van der Waals surface area contributed by atoms with Crippen LogP contribution < -0.4 is 10.1 Å². The molecule has 0 aliphatic rings. The molecule has 0 spiro atoms. The summed E-state index contributed by atoms with van der Waals surface area (Å²) in [6.07, 6.45) is 3.24. The first-order valence-electron chi connectivity index (χ1n) is 5.64. The molecule has 0 radical (unpaired) electrons. The molecule has 1 atom stereocenters. The van der Waals surface area contributed by atoms with Crippen molar-refractivity contribution in [2.45, 2.75) is 6.04 Å². The molecule has 0 aliphatic heterocycles. The number of methoxy groups -OCH3 is 1. The molecule has 1 N–H and O–H groups in total. The molecule has 6 heteroatoms. The first kappa shape index (κ1) is 14.2. The maximum Gasteiger partial charge on any atom is 0.237 e. The Bertz CT molecular complexity index is 559. The summed E-state index contributed by atoms with van der Waals surface area (Å²) in [7, 11) is 3.43. The van der Waals surface area contributed by atoms with Gasteiger partial charge in [-0.05, 0) is 30.8 Å². The summed E-state index contributed by atoms with van der Waals surface area (Å²) in [6, 6.07) is 5.58. The molecular formula is C13H13BrClN3O. The van der Waals surface area contributed by atoms with Gasteiger partial charge < -0.3 is 10.1 Å². The number of rotatable bonds is 4. The van der Waals surface area contributed by atoms with E-state index in [1.54, 1.807) is 19.5 Å². The lowest BCUT2D eigenvalue weighted by molar-refractivity contribution is 0.384. The summed E-state index contributed by atoms with van der Waals surface area (Å²) in [5.41, 5.74) is 1.71. The van der Waals surface area contributed by atoms with Gasteiger partial charge in [0.05, 0.1) is 13.2 Å². The molecule has 1 heterocycles. The fourth-order valence-corrected chi connectivity index (χ4v) is 2.78. The van der Waals surface area contributed by atoms with Gasteiger partial charge in [0, 0.05) is 21.9 Å². The molecule has 2 aromatic rings. The van der Waals surface area contributed by atoms with Crippen LogP contribution in [0.4, 0.5) is 0 Å². The minimum atomic E-state index is -0.140. The number of hydrogen-bond donors (Lipinski definition) is 1. The predicted octanol–water partition coefficient (Wildman–Crippen LogP) is 3.21. The van der Waals surface area contributed by atoms with Crippen LogP contribution in [0.2, 0.25) is 5.02 Å². The second kappa shape index (κ2) is 6.32. The maximum atomic E-state index is 6.09. The van der Waals surface area contributed by atoms with Gasteiger partial charge in [0.1, 0.15) is 5.69 Å². The van der Waals surface area contributed by atoms with Crippen molar-refractivity contribution in [1.82, 2.24) is 15.3 Å². The van der Waals surface area contributed by atoms with Gasteiger partial charge >= 0.3 is 0 Å². The van der Waals surface area contributed by atoms with Crippen molar-refractivity contribution in [2.75, 3.05) is 14.2 Å². The molecular weight excluding hydrogens is 330 g/mol. The van der Waals surface area contributed by atoms with Crippen LogP contribution in [0, 0.1) is 0 Å². The molecule has 1 aromatic heterocycles. The van der Waals surface area contributed by atoms with Gasteiger partial charge in [-0.25, -0.2) is 4.98 Å². The van der Waals surface area contributed by atoms with E-state index >= 15 is 0 Å². The van der Waals surface area contributed by atoms with E-state index in [9.17, 15) is 0 Å². The van der Waals surface area contributed by atoms with E-state index in [1.807, 2.05) is 25.2 Å². The van der Waals surface area contributed by atoms with Crippen molar-refractivity contribution in [3.8, 4) is 5.88 Å². The Morgan fingerprint density at radius 1 is 1.26 bits per heavy atom. The monoisotopic (exact) mass is 341 g/mol. The van der Waals surface area contributed by atoms with Gasteiger partial charge in [0.2, 0.25) is 5.88 Å². The predicted molar refractivity (Wildman–Crippen MR) is 78.6 cm³/mol. The Kier molecular flexibility index (Phi) is 4.74. The first-order chi connectivity index (χ1) is 9.15. The summed E-state index contributed by atoms with van der Waals surface area (Å²) < 4.78 is 6.17. The highest BCUT2D eigenvalue weighted by Gasteiger charge is 2.19. The third kappa shape index (κ3) is 3.23. The largest absolute Gasteiger partial charge is 0.480 e. The summed E-state index contributed by atoms with van der Waals surface area (Å²) >= 11 is 9.53. The average Bonchev–Trinajstić information content (AvgIpc) is 2.39. The van der Waals surface area contributed by atoms with E-state index in [2.05, 4.69) is 31.2 Å². The van der Waals surface area contributed by atoms with Gasteiger partial charge in [-0.2, -0.15) is 0 Å². The van der Waals surface area contributed by atoms with E-state index < -0.39 is 0 Å². The number of aromatic nitrogens is 2. The van der Waals surface area contributed by atoms with Gasteiger partial charge in [0.15, 0.2) is 0 Å². The van der Waals surface area contributed by atoms with Gasteiger partial charge in [0.25, 0.3) is 0 Å². The summed E-state index contributed by atoms with van der Waals surface area (Å²) in [5.74, 6) is 0.498. The number of benzene rings is 1. The number of ether oxygens (including phenoxy) is 1. The van der Waals surface area contributed by atoms with Gasteiger partial charge in [-0.15, -0.1) is 0 Å². The minimum absolute atomic E-state index is 0.140. The van der Waals surface area contributed by atoms with Crippen LogP contribution in [0.5, 0.6) is 5.88 Å². The van der Waals surface area contributed by atoms with E-state index in [0.29, 0.717) is 10.9 Å². The normalized spacial score (nSPS) is 12.2. The van der Waals surface area contributed by atoms with Crippen molar-refractivity contribution in [3.63, 3.8) is 0 Å². The number of nitrogens with one attached hydrogen (secondary N) is 1. The Morgan fingerprint density at radius 3 is 2.63 bits per heavy atom. The quantitative estimate of drug-likeness (QED) is 0.927. The van der Waals surface area contributed by atoms with Crippen LogP contribution in [0.25, 0.3) is 0 Å². The van der Waals surface area contributed by atoms with E-state index in [4.69, 9.17) is 16.3 Å². The number of halogens is 2. The lowest BCUT2D eigenvalue weighted by atomic mass is 10.0. The lowest BCUT2D eigenvalue weighted by Gasteiger charge is -2.18. The van der Waals surface area contributed by atoms with Gasteiger partial charge in [-0.3, -0.25) is 4.98 Å². The molecule has 0 fully saturated rings. The number of hydrogen-bond acceptors (Lipinski definition) is 4. The molecule has 100 valence electrons. The lowest BCUT2D eigenvalue weighted by Crippen LogP contribution is -2.20. The molecule has 0 bridgehead atoms. The van der Waals surface area contributed by atoms with Crippen molar-refractivity contribution < 1.29 is 4.74 Å². The molecule has 2 rings (SSSR count). The fraction of sp³-hybridized carbons (Fsp3) is 0.231. The van der Waals surface area contributed by atoms with Crippen molar-refractivity contribution >= 4 is 27.5 Å². The topological polar surface area (TPSA) is 47.0 Å². The Labute approximate surface area is 125 Å². The van der Waals surface area contributed by atoms with Crippen molar-refractivity contribution in [1.29, 1.82) is 0 Å². The Balaban J connectivity index is 2.49. The maximum absolute atomic E-state index is 6.09. The zero-order valence-electron chi connectivity index (χ0n) is 10.5. The zero-order valence-corrected chi connectivity index (χ0v) is 12.9. The molecule has 1 aromatic carbocycles. The van der Waals surface area contributed by atoms with Crippen LogP contribution in [0.3, 0.4) is 0 Å². The third-order valence-corrected chi connectivity index (χ3v) is 3.34. The first-order valence-corrected chi connectivity index (χ1v) is 6.81. The van der Waals surface area contributed by atoms with Crippen LogP contribution in [-0.2, 0) is 0 Å². The summed E-state index contributed by atoms with van der Waals surface area (Å²) in [5, 5.41) is 3.86. The average molecular weight is 343 g/mol. The SMILES string of the molecule is CNC(c1cc(Cl)cc(Br)c1)c1nccnc1OC. The van der Waals surface area contributed by atoms with Crippen LogP contribution in [-0.4, -0.2) is 24.1 Å². The fourth-order valence-electron chi connectivity index (χ4n) is 1.89. The van der Waals surface area contributed by atoms with Crippen molar-refractivity contribution in [2.24, 2.45) is 0 Å². The molecule has 1 unspecified atom stereocenters. The Hall–Kier alpha value is -1.17. The molecule has 0 amide bonds. The Morgan fingerprint density at radius 2 is 2.00 bits per heavy atom. The summed E-state index contributed by atoms with van der Waals surface area (Å²) in [6.45, 7) is 0. The highest BCUT2D eigenvalue weighted by molar-refractivity contribution is 9.10. The van der Waals surface area contributed by atoms with Crippen molar-refractivity contribution in [3.05, 3.63) is 51.3 Å². The van der Waals surface area contributed by atoms with Gasteiger partial charge in [-0.1, -0.05) is 27.5 Å². The second-order valence-electron chi connectivity index (χ2n) is 3.88. The van der Waals surface area contributed by atoms with E-state index in [0.717, 1.165) is 15.7 Å². The van der Waals surface area contributed by atoms with Crippen LogP contribution in [0.15, 0.2) is 35.1 Å². The minimum Gasteiger partial charge on any atom is -0.480 e. The molecule has 0 aliphatic carbocycles. The van der Waals surface area contributed by atoms with Crippen LogP contribution in [0.1, 0.15) is 17.3 Å². The third-order valence-electron chi connectivity index (χ3n) is 2.66. The highest BCUT2D eigenvalue weighted by Crippen LogP contribution is 2.30. The highest BCUT2D eigenvalue weighted by atomic mass is 79.9. The second-order valence-corrected chi connectivity index (χ2v) is 5.23. The number of nitrogens with zero attached hydrogens (tertiary/aromatic N) is 2. The summed E-state index contributed by atoms with van der Waals surface area (Å²) in [4.78, 5) is 8.51. The zero-order chi connectivity index (χ0) is 13.8. The molecule has 0 saturated heterocycles. The molecule has 4 nitrogen and oxygen atoms in total. The molecule has 19 heavy (non-hydrogen) atoms. The smallest absolute Gasteiger partial charge is 0.237 e.